The van der Waals surface area contributed by atoms with Crippen molar-refractivity contribution in [1.82, 2.24) is 14.3 Å². The quantitative estimate of drug-likeness (QED) is 0.548. The summed E-state index contributed by atoms with van der Waals surface area (Å²) in [6.45, 7) is 5.26. The van der Waals surface area contributed by atoms with Crippen molar-refractivity contribution in [3.05, 3.63) is 53.2 Å². The Hall–Kier alpha value is -2.25. The van der Waals surface area contributed by atoms with E-state index in [0.29, 0.717) is 11.5 Å². The monoisotopic (exact) mass is 455 g/mol. The molecule has 170 valence electrons. The van der Waals surface area contributed by atoms with E-state index in [1.807, 2.05) is 18.3 Å². The highest BCUT2D eigenvalue weighted by Gasteiger charge is 2.35. The Bertz CT molecular complexity index is 1280. The number of sulfonamides is 1. The van der Waals surface area contributed by atoms with Crippen LogP contribution in [0.4, 0.5) is 4.39 Å². The highest BCUT2D eigenvalue weighted by atomic mass is 32.2. The molecule has 1 N–H and O–H groups in total. The topological polar surface area (TPSA) is 64.0 Å². The standard InChI is InChI=1S/C25H30FN3O2S/c1-16(2)14-29-15-17(13-28-32(30,31)18-7-8-18)21-11-23(26)22(12-25(21)29)19-9-10-27-24-6-4-3-5-20(19)24/h9-12,15-16,18,28H,3-8,13-14H2,1-2H3. The zero-order valence-electron chi connectivity index (χ0n) is 18.7. The van der Waals surface area contributed by atoms with Gasteiger partial charge in [0.05, 0.1) is 5.25 Å². The van der Waals surface area contributed by atoms with Crippen molar-refractivity contribution in [2.24, 2.45) is 5.92 Å². The predicted octanol–water partition coefficient (Wildman–Crippen LogP) is 4.96. The van der Waals surface area contributed by atoms with Gasteiger partial charge < -0.3 is 4.57 Å². The predicted molar refractivity (Wildman–Crippen MR) is 125 cm³/mol. The first-order valence-electron chi connectivity index (χ1n) is 11.6. The summed E-state index contributed by atoms with van der Waals surface area (Å²) in [4.78, 5) is 4.53. The molecule has 2 aliphatic carbocycles. The van der Waals surface area contributed by atoms with Crippen LogP contribution in [0, 0.1) is 11.7 Å². The zero-order chi connectivity index (χ0) is 22.5. The van der Waals surface area contributed by atoms with E-state index >= 15 is 4.39 Å². The van der Waals surface area contributed by atoms with E-state index in [9.17, 15) is 8.42 Å². The molecule has 7 heteroatoms. The molecule has 0 spiro atoms. The smallest absolute Gasteiger partial charge is 0.214 e. The summed E-state index contributed by atoms with van der Waals surface area (Å²) < 4.78 is 45.0. The lowest BCUT2D eigenvalue weighted by Crippen LogP contribution is -2.26. The van der Waals surface area contributed by atoms with Gasteiger partial charge in [-0.05, 0) is 79.3 Å². The second kappa shape index (κ2) is 8.27. The number of aromatic nitrogens is 2. The van der Waals surface area contributed by atoms with Crippen molar-refractivity contribution < 1.29 is 12.8 Å². The van der Waals surface area contributed by atoms with E-state index in [-0.39, 0.29) is 17.6 Å². The minimum Gasteiger partial charge on any atom is -0.347 e. The number of nitrogens with zero attached hydrogens (tertiary/aromatic N) is 2. The summed E-state index contributed by atoms with van der Waals surface area (Å²) in [5.41, 5.74) is 5.54. The van der Waals surface area contributed by atoms with Gasteiger partial charge in [-0.25, -0.2) is 17.5 Å². The van der Waals surface area contributed by atoms with Crippen LogP contribution in [-0.4, -0.2) is 23.2 Å². The maximum Gasteiger partial charge on any atom is 0.214 e. The Labute approximate surface area is 189 Å². The van der Waals surface area contributed by atoms with Crippen molar-refractivity contribution in [3.63, 3.8) is 0 Å². The van der Waals surface area contributed by atoms with Crippen LogP contribution in [-0.2, 0) is 36.0 Å². The van der Waals surface area contributed by atoms with E-state index in [4.69, 9.17) is 0 Å². The van der Waals surface area contributed by atoms with Crippen LogP contribution in [0.5, 0.6) is 0 Å². The highest BCUT2D eigenvalue weighted by molar-refractivity contribution is 7.90. The SMILES string of the molecule is CC(C)Cn1cc(CNS(=O)(=O)C2CC2)c2cc(F)c(-c3ccnc4c3CCCC4)cc21. The lowest BCUT2D eigenvalue weighted by atomic mass is 9.89. The van der Waals surface area contributed by atoms with Crippen LogP contribution in [0.25, 0.3) is 22.0 Å². The molecule has 1 saturated carbocycles. The summed E-state index contributed by atoms with van der Waals surface area (Å²) >= 11 is 0. The summed E-state index contributed by atoms with van der Waals surface area (Å²) in [5.74, 6) is 0.133. The molecule has 0 amide bonds. The molecule has 2 aliphatic rings. The van der Waals surface area contributed by atoms with Crippen LogP contribution in [0.1, 0.15) is 56.4 Å². The van der Waals surface area contributed by atoms with Crippen molar-refractivity contribution in [3.8, 4) is 11.1 Å². The fourth-order valence-electron chi connectivity index (χ4n) is 4.83. The van der Waals surface area contributed by atoms with Gasteiger partial charge >= 0.3 is 0 Å². The molecule has 0 aliphatic heterocycles. The zero-order valence-corrected chi connectivity index (χ0v) is 19.5. The van der Waals surface area contributed by atoms with Crippen LogP contribution in [0.3, 0.4) is 0 Å². The first kappa shape index (κ1) is 21.6. The molecule has 3 aromatic rings. The lowest BCUT2D eigenvalue weighted by molar-refractivity contribution is 0.534. The Morgan fingerprint density at radius 3 is 2.72 bits per heavy atom. The number of aryl methyl sites for hydroxylation is 1. The maximum absolute atomic E-state index is 15.5. The van der Waals surface area contributed by atoms with Gasteiger partial charge in [0.15, 0.2) is 0 Å². The molecule has 2 aromatic heterocycles. The van der Waals surface area contributed by atoms with Gasteiger partial charge in [-0.15, -0.1) is 0 Å². The third-order valence-electron chi connectivity index (χ3n) is 6.57. The summed E-state index contributed by atoms with van der Waals surface area (Å²) in [7, 11) is -3.30. The van der Waals surface area contributed by atoms with Gasteiger partial charge in [-0.3, -0.25) is 4.98 Å². The van der Waals surface area contributed by atoms with Crippen molar-refractivity contribution in [1.29, 1.82) is 0 Å². The Balaban J connectivity index is 1.59. The third kappa shape index (κ3) is 4.08. The van der Waals surface area contributed by atoms with E-state index in [1.54, 1.807) is 12.3 Å². The van der Waals surface area contributed by atoms with Crippen LogP contribution < -0.4 is 4.72 Å². The number of benzene rings is 1. The van der Waals surface area contributed by atoms with Crippen molar-refractivity contribution in [2.75, 3.05) is 0 Å². The highest BCUT2D eigenvalue weighted by Crippen LogP contribution is 2.36. The molecule has 0 radical (unpaired) electrons. The third-order valence-corrected chi connectivity index (χ3v) is 8.46. The molecule has 0 unspecified atom stereocenters. The summed E-state index contributed by atoms with van der Waals surface area (Å²) in [6, 6.07) is 5.45. The van der Waals surface area contributed by atoms with Crippen LogP contribution in [0.2, 0.25) is 0 Å². The van der Waals surface area contributed by atoms with E-state index < -0.39 is 10.0 Å². The molecule has 5 rings (SSSR count). The Morgan fingerprint density at radius 1 is 1.19 bits per heavy atom. The lowest BCUT2D eigenvalue weighted by Gasteiger charge is -2.19. The molecule has 1 aromatic carbocycles. The molecule has 0 bridgehead atoms. The minimum atomic E-state index is -3.30. The first-order valence-corrected chi connectivity index (χ1v) is 13.1. The average Bonchev–Trinajstić information content (AvgIpc) is 3.57. The molecule has 0 atom stereocenters. The fourth-order valence-corrected chi connectivity index (χ4v) is 6.18. The van der Waals surface area contributed by atoms with Crippen LogP contribution >= 0.6 is 0 Å². The fraction of sp³-hybridized carbons (Fsp3) is 0.480. The molecular formula is C25H30FN3O2S. The molecule has 2 heterocycles. The summed E-state index contributed by atoms with van der Waals surface area (Å²) in [5, 5.41) is 0.501. The minimum absolute atomic E-state index is 0.184. The maximum atomic E-state index is 15.5. The number of nitrogens with one attached hydrogen (secondary N) is 1. The van der Waals surface area contributed by atoms with Crippen molar-refractivity contribution >= 4 is 20.9 Å². The van der Waals surface area contributed by atoms with Gasteiger partial charge in [0.25, 0.3) is 0 Å². The Morgan fingerprint density at radius 2 is 1.97 bits per heavy atom. The number of pyridine rings is 1. The first-order chi connectivity index (χ1) is 15.3. The number of rotatable bonds is 7. The normalized spacial score (nSPS) is 16.6. The van der Waals surface area contributed by atoms with E-state index in [1.165, 1.54) is 0 Å². The average molecular weight is 456 g/mol. The number of hydrogen-bond donors (Lipinski definition) is 1. The second-order valence-electron chi connectivity index (χ2n) is 9.61. The van der Waals surface area contributed by atoms with Crippen molar-refractivity contribution in [2.45, 2.75) is 70.7 Å². The van der Waals surface area contributed by atoms with Crippen LogP contribution in [0.15, 0.2) is 30.6 Å². The molecule has 32 heavy (non-hydrogen) atoms. The van der Waals surface area contributed by atoms with Gasteiger partial charge in [0, 0.05) is 47.6 Å². The molecule has 0 saturated heterocycles. The van der Waals surface area contributed by atoms with Gasteiger partial charge in [-0.2, -0.15) is 0 Å². The van der Waals surface area contributed by atoms with E-state index in [0.717, 1.165) is 78.4 Å². The number of hydrogen-bond acceptors (Lipinski definition) is 3. The van der Waals surface area contributed by atoms with Gasteiger partial charge in [0.1, 0.15) is 5.82 Å². The second-order valence-corrected chi connectivity index (χ2v) is 11.7. The molecule has 5 nitrogen and oxygen atoms in total. The Kier molecular flexibility index (Phi) is 5.58. The number of halogens is 1. The van der Waals surface area contributed by atoms with Gasteiger partial charge in [0.2, 0.25) is 10.0 Å². The van der Waals surface area contributed by atoms with Gasteiger partial charge in [-0.1, -0.05) is 13.8 Å². The molecule has 1 fully saturated rings. The number of fused-ring (bicyclic) bond motifs is 2. The molecular weight excluding hydrogens is 425 g/mol. The van der Waals surface area contributed by atoms with E-state index in [2.05, 4.69) is 28.1 Å². The summed E-state index contributed by atoms with van der Waals surface area (Å²) in [6.07, 6.45) is 9.31. The largest absolute Gasteiger partial charge is 0.347 e.